The highest BCUT2D eigenvalue weighted by Gasteiger charge is 2.40. The summed E-state index contributed by atoms with van der Waals surface area (Å²) in [5, 5.41) is 3.72. The highest BCUT2D eigenvalue weighted by molar-refractivity contribution is 6.46. The van der Waals surface area contributed by atoms with Crippen LogP contribution in [0.5, 0.6) is 0 Å². The summed E-state index contributed by atoms with van der Waals surface area (Å²) in [5.74, 6) is -0.751. The first-order valence-corrected chi connectivity index (χ1v) is 9.62. The predicted molar refractivity (Wildman–Crippen MR) is 117 cm³/mol. The number of amides is 2. The lowest BCUT2D eigenvalue weighted by atomic mass is 10.0. The lowest BCUT2D eigenvalue weighted by molar-refractivity contribution is -0.120. The zero-order valence-corrected chi connectivity index (χ0v) is 16.8. The Hall–Kier alpha value is -3.37. The van der Waals surface area contributed by atoms with Crippen molar-refractivity contribution >= 4 is 40.4 Å². The lowest BCUT2D eigenvalue weighted by Gasteiger charge is -2.15. The second kappa shape index (κ2) is 7.57. The van der Waals surface area contributed by atoms with E-state index in [4.69, 9.17) is 11.6 Å². The highest BCUT2D eigenvalue weighted by Crippen LogP contribution is 2.34. The van der Waals surface area contributed by atoms with E-state index in [2.05, 4.69) is 5.32 Å². The van der Waals surface area contributed by atoms with Crippen molar-refractivity contribution in [3.05, 3.63) is 100 Å². The molecule has 4 nitrogen and oxygen atoms in total. The maximum atomic E-state index is 13.3. The van der Waals surface area contributed by atoms with E-state index in [1.54, 1.807) is 30.3 Å². The summed E-state index contributed by atoms with van der Waals surface area (Å²) in [7, 11) is 0. The van der Waals surface area contributed by atoms with Gasteiger partial charge >= 0.3 is 0 Å². The van der Waals surface area contributed by atoms with Gasteiger partial charge in [0.2, 0.25) is 0 Å². The fraction of sp³-hybridized carbons (Fsp3) is 0.0833. The van der Waals surface area contributed by atoms with Crippen molar-refractivity contribution in [2.45, 2.75) is 13.8 Å². The smallest absolute Gasteiger partial charge is 0.282 e. The van der Waals surface area contributed by atoms with Gasteiger partial charge in [-0.15, -0.1) is 0 Å². The Morgan fingerprint density at radius 3 is 2.17 bits per heavy atom. The molecule has 0 unspecified atom stereocenters. The van der Waals surface area contributed by atoms with Crippen LogP contribution in [0.1, 0.15) is 16.7 Å². The molecule has 1 aliphatic rings. The number of rotatable bonds is 4. The van der Waals surface area contributed by atoms with Crippen molar-refractivity contribution in [2.75, 3.05) is 10.2 Å². The van der Waals surface area contributed by atoms with E-state index in [1.165, 1.54) is 4.90 Å². The molecule has 2 amide bonds. The maximum Gasteiger partial charge on any atom is 0.282 e. The molecule has 144 valence electrons. The molecule has 5 heteroatoms. The Bertz CT molecular complexity index is 1140. The van der Waals surface area contributed by atoms with Crippen LogP contribution in [-0.4, -0.2) is 11.8 Å². The van der Waals surface area contributed by atoms with Gasteiger partial charge in [-0.1, -0.05) is 65.7 Å². The van der Waals surface area contributed by atoms with Crippen LogP contribution in [0.3, 0.4) is 0 Å². The molecule has 0 atom stereocenters. The van der Waals surface area contributed by atoms with Crippen LogP contribution in [0.2, 0.25) is 5.02 Å². The molecular formula is C24H19ClN2O2. The highest BCUT2D eigenvalue weighted by atomic mass is 35.5. The monoisotopic (exact) mass is 402 g/mol. The minimum absolute atomic E-state index is 0.239. The number of carbonyl (C=O) groups excluding carboxylic acids is 2. The first-order chi connectivity index (χ1) is 14.0. The van der Waals surface area contributed by atoms with Gasteiger partial charge in [-0.25, -0.2) is 4.90 Å². The SMILES string of the molecule is Cc1ccc(C2=C(Nc3ccc(C)c(Cl)c3)C(=O)N(c3ccccc3)C2=O)cc1. The minimum atomic E-state index is -0.395. The van der Waals surface area contributed by atoms with Gasteiger partial charge in [-0.05, 0) is 49.2 Å². The van der Waals surface area contributed by atoms with Crippen molar-refractivity contribution in [1.82, 2.24) is 0 Å². The molecule has 0 saturated carbocycles. The molecule has 0 aliphatic carbocycles. The number of para-hydroxylation sites is 1. The fourth-order valence-corrected chi connectivity index (χ4v) is 3.44. The number of benzene rings is 3. The number of imide groups is 1. The Labute approximate surface area is 174 Å². The molecule has 0 aromatic heterocycles. The average Bonchev–Trinajstić information content (AvgIpc) is 2.96. The summed E-state index contributed by atoms with van der Waals surface area (Å²) < 4.78 is 0. The summed E-state index contributed by atoms with van der Waals surface area (Å²) in [5.41, 5.74) is 4.46. The molecule has 1 N–H and O–H groups in total. The van der Waals surface area contributed by atoms with E-state index in [0.29, 0.717) is 27.5 Å². The van der Waals surface area contributed by atoms with Gasteiger partial charge in [0.1, 0.15) is 5.70 Å². The molecule has 0 radical (unpaired) electrons. The summed E-state index contributed by atoms with van der Waals surface area (Å²) in [6.45, 7) is 3.88. The summed E-state index contributed by atoms with van der Waals surface area (Å²) in [4.78, 5) is 27.8. The number of hydrogen-bond donors (Lipinski definition) is 1. The Kier molecular flexibility index (Phi) is 4.95. The Morgan fingerprint density at radius 1 is 0.828 bits per heavy atom. The first kappa shape index (κ1) is 19.0. The van der Waals surface area contributed by atoms with Gasteiger partial charge in [0.05, 0.1) is 11.3 Å². The third-order valence-corrected chi connectivity index (χ3v) is 5.29. The van der Waals surface area contributed by atoms with Gasteiger partial charge in [-0.3, -0.25) is 9.59 Å². The van der Waals surface area contributed by atoms with Crippen LogP contribution < -0.4 is 10.2 Å². The van der Waals surface area contributed by atoms with Gasteiger partial charge < -0.3 is 5.32 Å². The Balaban J connectivity index is 1.82. The molecule has 29 heavy (non-hydrogen) atoms. The second-order valence-corrected chi connectivity index (χ2v) is 7.39. The zero-order valence-electron chi connectivity index (χ0n) is 16.1. The molecule has 1 heterocycles. The molecular weight excluding hydrogens is 384 g/mol. The number of nitrogens with one attached hydrogen (secondary N) is 1. The van der Waals surface area contributed by atoms with Crippen molar-refractivity contribution in [2.24, 2.45) is 0 Å². The van der Waals surface area contributed by atoms with Crippen molar-refractivity contribution < 1.29 is 9.59 Å². The Morgan fingerprint density at radius 2 is 1.52 bits per heavy atom. The fourth-order valence-electron chi connectivity index (χ4n) is 3.26. The quantitative estimate of drug-likeness (QED) is 0.598. The molecule has 0 saturated heterocycles. The summed E-state index contributed by atoms with van der Waals surface area (Å²) in [6, 6.07) is 21.9. The van der Waals surface area contributed by atoms with Crippen LogP contribution in [0, 0.1) is 13.8 Å². The summed E-state index contributed by atoms with van der Waals surface area (Å²) >= 11 is 6.24. The van der Waals surface area contributed by atoms with Crippen molar-refractivity contribution in [1.29, 1.82) is 0 Å². The molecule has 1 aliphatic heterocycles. The van der Waals surface area contributed by atoms with Crippen LogP contribution >= 0.6 is 11.6 Å². The zero-order chi connectivity index (χ0) is 20.5. The maximum absolute atomic E-state index is 13.3. The molecule has 4 rings (SSSR count). The third-order valence-electron chi connectivity index (χ3n) is 4.88. The van der Waals surface area contributed by atoms with Crippen LogP contribution in [-0.2, 0) is 9.59 Å². The van der Waals surface area contributed by atoms with Crippen molar-refractivity contribution in [3.8, 4) is 0 Å². The molecule has 3 aromatic rings. The minimum Gasteiger partial charge on any atom is -0.350 e. The standard InChI is InChI=1S/C24H19ClN2O2/c1-15-8-11-17(12-9-15)21-22(26-18-13-10-16(2)20(25)14-18)24(29)27(23(21)28)19-6-4-3-5-7-19/h3-14,26H,1-2H3. The number of aryl methyl sites for hydroxylation is 2. The third kappa shape index (κ3) is 3.55. The number of anilines is 2. The average molecular weight is 403 g/mol. The predicted octanol–water partition coefficient (Wildman–Crippen LogP) is 5.35. The lowest BCUT2D eigenvalue weighted by Crippen LogP contribution is -2.32. The van der Waals surface area contributed by atoms with Crippen molar-refractivity contribution in [3.63, 3.8) is 0 Å². The van der Waals surface area contributed by atoms with Crippen LogP contribution in [0.15, 0.2) is 78.5 Å². The molecule has 0 bridgehead atoms. The molecule has 0 spiro atoms. The molecule has 0 fully saturated rings. The van der Waals surface area contributed by atoms with Gasteiger partial charge in [0.15, 0.2) is 0 Å². The van der Waals surface area contributed by atoms with E-state index in [9.17, 15) is 9.59 Å². The second-order valence-electron chi connectivity index (χ2n) is 6.99. The van der Waals surface area contributed by atoms with E-state index in [0.717, 1.165) is 11.1 Å². The van der Waals surface area contributed by atoms with Gasteiger partial charge in [0, 0.05) is 10.7 Å². The first-order valence-electron chi connectivity index (χ1n) is 9.24. The number of nitrogens with zero attached hydrogens (tertiary/aromatic N) is 1. The number of halogens is 1. The van der Waals surface area contributed by atoms with E-state index >= 15 is 0 Å². The topological polar surface area (TPSA) is 49.4 Å². The van der Waals surface area contributed by atoms with Crippen LogP contribution in [0.4, 0.5) is 11.4 Å². The summed E-state index contributed by atoms with van der Waals surface area (Å²) in [6.07, 6.45) is 0. The van der Waals surface area contributed by atoms with Crippen LogP contribution in [0.25, 0.3) is 5.57 Å². The number of carbonyl (C=O) groups is 2. The number of hydrogen-bond acceptors (Lipinski definition) is 3. The van der Waals surface area contributed by atoms with E-state index < -0.39 is 5.91 Å². The van der Waals surface area contributed by atoms with Gasteiger partial charge in [0.25, 0.3) is 11.8 Å². The van der Waals surface area contributed by atoms with Gasteiger partial charge in [-0.2, -0.15) is 0 Å². The normalized spacial score (nSPS) is 14.0. The van der Waals surface area contributed by atoms with E-state index in [1.807, 2.05) is 56.3 Å². The largest absolute Gasteiger partial charge is 0.350 e. The molecule has 3 aromatic carbocycles. The van der Waals surface area contributed by atoms with E-state index in [-0.39, 0.29) is 11.6 Å².